The molecule has 1 aromatic carbocycles. The average Bonchev–Trinajstić information content (AvgIpc) is 3.38. The molecule has 0 aliphatic carbocycles. The number of aliphatic carboxylic acids is 2. The zero-order chi connectivity index (χ0) is 34.8. The summed E-state index contributed by atoms with van der Waals surface area (Å²) in [5.41, 5.74) is 4.70. The van der Waals surface area contributed by atoms with Crippen molar-refractivity contribution in [1.29, 1.82) is 0 Å². The van der Waals surface area contributed by atoms with Crippen molar-refractivity contribution in [2.24, 2.45) is 10.8 Å². The lowest BCUT2D eigenvalue weighted by Crippen LogP contribution is -2.51. The van der Waals surface area contributed by atoms with Crippen LogP contribution in [0.5, 0.6) is 0 Å². The summed E-state index contributed by atoms with van der Waals surface area (Å²) < 4.78 is 25.1. The van der Waals surface area contributed by atoms with E-state index < -0.39 is 61.5 Å². The topological polar surface area (TPSA) is 225 Å². The van der Waals surface area contributed by atoms with Gasteiger partial charge in [0.25, 0.3) is 11.5 Å². The quantitative estimate of drug-likeness (QED) is 0.145. The van der Waals surface area contributed by atoms with Crippen LogP contribution in [0.15, 0.2) is 35.3 Å². The summed E-state index contributed by atoms with van der Waals surface area (Å²) in [5.74, 6) is -3.58. The molecule has 0 bridgehead atoms. The third kappa shape index (κ3) is 7.43. The molecule has 2 heterocycles. The molecule has 14 heteroatoms. The number of carboxylic acids is 2. The van der Waals surface area contributed by atoms with Crippen LogP contribution in [0, 0.1) is 10.8 Å². The molecule has 0 radical (unpaired) electrons. The molecule has 0 fully saturated rings. The fraction of sp³-hybridized carbons (Fsp3) is 0.531. The van der Waals surface area contributed by atoms with Gasteiger partial charge in [0.2, 0.25) is 5.95 Å². The Morgan fingerprint density at radius 2 is 1.65 bits per heavy atom. The van der Waals surface area contributed by atoms with Gasteiger partial charge in [-0.25, -0.2) is 13.2 Å². The van der Waals surface area contributed by atoms with Gasteiger partial charge < -0.3 is 26.2 Å². The van der Waals surface area contributed by atoms with E-state index in [4.69, 9.17) is 5.73 Å². The summed E-state index contributed by atoms with van der Waals surface area (Å²) in [7, 11) is -3.39. The van der Waals surface area contributed by atoms with E-state index in [9.17, 15) is 37.8 Å². The highest BCUT2D eigenvalue weighted by atomic mass is 32.2. The summed E-state index contributed by atoms with van der Waals surface area (Å²) in [6.45, 7) is 11.8. The Morgan fingerprint density at radius 3 is 2.17 bits per heavy atom. The lowest BCUT2D eigenvalue weighted by atomic mass is 9.61. The zero-order valence-corrected chi connectivity index (χ0v) is 28.1. The van der Waals surface area contributed by atoms with Crippen molar-refractivity contribution >= 4 is 44.7 Å². The Bertz CT molecular complexity index is 1760. The Labute approximate surface area is 268 Å². The standard InChI is InChI=1S/C32H45N5O8S/c1-17(2)46(44,45)18(3)9-8-14-32(29(42)43,31(5,6)7)15-23(28(40)41)35-26(38)21-12-10-20(11-13-21)19(4)22-16-34-25-24(22)27(39)37-30(33)36-25/h10-13,16-19,23H,8-9,14-15H2,1-7H3,(H,35,38)(H,40,41)(H,42,43)(H4,33,34,36,37,39)/t18?,19?,23-,32?/m0/s1. The second-order valence-electron chi connectivity index (χ2n) is 13.3. The van der Waals surface area contributed by atoms with Crippen molar-refractivity contribution in [2.45, 2.75) is 96.6 Å². The largest absolute Gasteiger partial charge is 0.481 e. The van der Waals surface area contributed by atoms with Crippen LogP contribution in [0.3, 0.4) is 0 Å². The number of carbonyl (C=O) groups is 3. The number of hydrogen-bond donors (Lipinski definition) is 6. The fourth-order valence-electron chi connectivity index (χ4n) is 5.93. The highest BCUT2D eigenvalue weighted by Crippen LogP contribution is 2.47. The molecule has 0 aliphatic heterocycles. The van der Waals surface area contributed by atoms with Gasteiger partial charge in [-0.05, 0) is 68.7 Å². The van der Waals surface area contributed by atoms with E-state index in [1.54, 1.807) is 59.9 Å². The molecule has 2 aromatic heterocycles. The van der Waals surface area contributed by atoms with Gasteiger partial charge in [0.05, 0.1) is 21.3 Å². The maximum atomic E-state index is 13.2. The maximum Gasteiger partial charge on any atom is 0.326 e. The van der Waals surface area contributed by atoms with E-state index >= 15 is 0 Å². The molecular formula is C32H45N5O8S. The SMILES string of the molecule is CC(c1ccc(C(=O)N[C@@H](CC(CCCC(C)S(=O)(=O)C(C)C)(C(=O)O)C(C)(C)C)C(=O)O)cc1)c1c[nH]c2nc(N)[nH]c(=O)c12. The number of aromatic nitrogens is 3. The van der Waals surface area contributed by atoms with Crippen molar-refractivity contribution in [3.05, 3.63) is 57.5 Å². The van der Waals surface area contributed by atoms with Crippen LogP contribution < -0.4 is 16.6 Å². The highest BCUT2D eigenvalue weighted by Gasteiger charge is 2.51. The summed E-state index contributed by atoms with van der Waals surface area (Å²) >= 11 is 0. The lowest BCUT2D eigenvalue weighted by molar-refractivity contribution is -0.160. The number of sulfone groups is 1. The first kappa shape index (κ1) is 36.3. The number of nitrogens with one attached hydrogen (secondary N) is 3. The number of nitrogens with zero attached hydrogens (tertiary/aromatic N) is 1. The Balaban J connectivity index is 1.81. The van der Waals surface area contributed by atoms with Crippen LogP contribution in [0.1, 0.15) is 102 Å². The van der Waals surface area contributed by atoms with Gasteiger partial charge in [-0.2, -0.15) is 4.98 Å². The summed E-state index contributed by atoms with van der Waals surface area (Å²) in [6, 6.07) is 4.91. The summed E-state index contributed by atoms with van der Waals surface area (Å²) in [6.07, 6.45) is 1.75. The second kappa shape index (κ2) is 13.7. The third-order valence-corrected chi connectivity index (χ3v) is 11.8. The molecule has 0 saturated heterocycles. The minimum absolute atomic E-state index is 0.0108. The van der Waals surface area contributed by atoms with Crippen molar-refractivity contribution < 1.29 is 33.0 Å². The summed E-state index contributed by atoms with van der Waals surface area (Å²) in [5, 5.41) is 22.1. The maximum absolute atomic E-state index is 13.2. The van der Waals surface area contributed by atoms with Gasteiger partial charge in [-0.15, -0.1) is 0 Å². The van der Waals surface area contributed by atoms with E-state index in [1.165, 1.54) is 12.1 Å². The van der Waals surface area contributed by atoms with Crippen LogP contribution >= 0.6 is 0 Å². The number of aromatic amines is 2. The second-order valence-corrected chi connectivity index (χ2v) is 16.2. The molecule has 13 nitrogen and oxygen atoms in total. The molecule has 0 aliphatic rings. The van der Waals surface area contributed by atoms with Crippen LogP contribution in [-0.4, -0.2) is 68.0 Å². The minimum atomic E-state index is -3.39. The molecule has 3 unspecified atom stereocenters. The highest BCUT2D eigenvalue weighted by molar-refractivity contribution is 7.92. The molecule has 0 spiro atoms. The molecule has 0 saturated carbocycles. The molecule has 3 rings (SSSR count). The smallest absolute Gasteiger partial charge is 0.326 e. The van der Waals surface area contributed by atoms with Crippen LogP contribution in [0.25, 0.3) is 11.0 Å². The van der Waals surface area contributed by atoms with Gasteiger partial charge in [-0.3, -0.25) is 19.4 Å². The first-order valence-corrected chi connectivity index (χ1v) is 16.8. The monoisotopic (exact) mass is 659 g/mol. The normalized spacial score (nSPS) is 15.7. The number of rotatable bonds is 14. The van der Waals surface area contributed by atoms with Crippen molar-refractivity contribution in [3.8, 4) is 0 Å². The number of hydrogen-bond acceptors (Lipinski definition) is 8. The molecule has 4 atom stereocenters. The zero-order valence-electron chi connectivity index (χ0n) is 27.3. The minimum Gasteiger partial charge on any atom is -0.481 e. The number of benzene rings is 1. The molecule has 46 heavy (non-hydrogen) atoms. The molecule has 1 amide bonds. The molecular weight excluding hydrogens is 614 g/mol. The van der Waals surface area contributed by atoms with Gasteiger partial charge >= 0.3 is 11.9 Å². The molecule has 7 N–H and O–H groups in total. The number of carboxylic acid groups (broad SMARTS) is 2. The van der Waals surface area contributed by atoms with Crippen molar-refractivity contribution in [3.63, 3.8) is 0 Å². The predicted octanol–water partition coefficient (Wildman–Crippen LogP) is 4.06. The summed E-state index contributed by atoms with van der Waals surface area (Å²) in [4.78, 5) is 60.5. The Kier molecular flexibility index (Phi) is 10.8. The van der Waals surface area contributed by atoms with Gasteiger partial charge in [-0.1, -0.05) is 46.2 Å². The van der Waals surface area contributed by atoms with Gasteiger partial charge in [0.15, 0.2) is 9.84 Å². The number of H-pyrrole nitrogens is 2. The Morgan fingerprint density at radius 1 is 1.04 bits per heavy atom. The molecule has 252 valence electrons. The van der Waals surface area contributed by atoms with E-state index in [2.05, 4.69) is 20.3 Å². The number of nitrogen functional groups attached to an aromatic ring is 1. The van der Waals surface area contributed by atoms with Gasteiger partial charge in [0.1, 0.15) is 11.7 Å². The van der Waals surface area contributed by atoms with Gasteiger partial charge in [0, 0.05) is 17.7 Å². The fourth-order valence-corrected chi connectivity index (χ4v) is 7.36. The van der Waals surface area contributed by atoms with E-state index in [-0.39, 0.29) is 42.3 Å². The lowest BCUT2D eigenvalue weighted by Gasteiger charge is -2.43. The molecule has 3 aromatic rings. The number of nitrogens with two attached hydrogens (primary N) is 1. The van der Waals surface area contributed by atoms with E-state index in [1.807, 2.05) is 6.92 Å². The first-order valence-electron chi connectivity index (χ1n) is 15.2. The first-order chi connectivity index (χ1) is 21.2. The Hall–Kier alpha value is -4.20. The van der Waals surface area contributed by atoms with Crippen LogP contribution in [-0.2, 0) is 19.4 Å². The number of carbonyl (C=O) groups excluding carboxylic acids is 1. The van der Waals surface area contributed by atoms with Crippen LogP contribution in [0.4, 0.5) is 5.95 Å². The third-order valence-electron chi connectivity index (χ3n) is 9.16. The number of fused-ring (bicyclic) bond motifs is 1. The number of amides is 1. The van der Waals surface area contributed by atoms with E-state index in [0.29, 0.717) is 16.6 Å². The van der Waals surface area contributed by atoms with Crippen molar-refractivity contribution in [1.82, 2.24) is 20.3 Å². The van der Waals surface area contributed by atoms with Crippen molar-refractivity contribution in [2.75, 3.05) is 5.73 Å². The average molecular weight is 660 g/mol. The predicted molar refractivity (Wildman–Crippen MR) is 175 cm³/mol. The van der Waals surface area contributed by atoms with Crippen LogP contribution in [0.2, 0.25) is 0 Å². The van der Waals surface area contributed by atoms with E-state index in [0.717, 1.165) is 5.56 Å². The number of anilines is 1.